The highest BCUT2D eigenvalue weighted by molar-refractivity contribution is 6.13. The van der Waals surface area contributed by atoms with Gasteiger partial charge < -0.3 is 9.80 Å². The van der Waals surface area contributed by atoms with Crippen molar-refractivity contribution < 1.29 is 0 Å². The number of nitrogens with zero attached hydrogens (tertiary/aromatic N) is 6. The fourth-order valence-electron chi connectivity index (χ4n) is 5.49. The zero-order valence-corrected chi connectivity index (χ0v) is 26.1. The normalized spacial score (nSPS) is 11.7. The van der Waals surface area contributed by atoms with Gasteiger partial charge in [0.15, 0.2) is 0 Å². The van der Waals surface area contributed by atoms with Crippen LogP contribution in [0.15, 0.2) is 130 Å². The van der Waals surface area contributed by atoms with Gasteiger partial charge in [-0.15, -0.1) is 10.2 Å². The zero-order valence-electron chi connectivity index (χ0n) is 26.1. The van der Waals surface area contributed by atoms with E-state index in [0.717, 1.165) is 77.9 Å². The van der Waals surface area contributed by atoms with E-state index in [9.17, 15) is 0 Å². The van der Waals surface area contributed by atoms with Crippen molar-refractivity contribution in [2.24, 2.45) is 20.5 Å². The standard InChI is InChI=1S/C38H36N6/c1-25-13-15-27-9-7-11-33(35(27)37(25)41-39-29-17-21-31(22-18-29)43(3)4)34-12-8-10-28-16-14-26(2)38(36(28)34)42-40-30-19-23-32(24-20-30)44(5)6/h7-24H,1-6H3. The summed E-state index contributed by atoms with van der Waals surface area (Å²) < 4.78 is 0. The molecular formula is C38H36N6. The van der Waals surface area contributed by atoms with Crippen molar-refractivity contribution in [2.75, 3.05) is 38.0 Å². The van der Waals surface area contributed by atoms with Gasteiger partial charge in [0.25, 0.3) is 0 Å². The van der Waals surface area contributed by atoms with Crippen LogP contribution in [0.2, 0.25) is 0 Å². The van der Waals surface area contributed by atoms with Gasteiger partial charge in [-0.3, -0.25) is 0 Å². The van der Waals surface area contributed by atoms with Crippen LogP contribution in [0.5, 0.6) is 0 Å². The molecule has 6 nitrogen and oxygen atoms in total. The summed E-state index contributed by atoms with van der Waals surface area (Å²) in [5, 5.41) is 23.4. The van der Waals surface area contributed by atoms with Gasteiger partial charge in [-0.1, -0.05) is 60.7 Å². The molecule has 6 aromatic rings. The third-order valence-electron chi connectivity index (χ3n) is 7.99. The summed E-state index contributed by atoms with van der Waals surface area (Å²) in [6.07, 6.45) is 0. The van der Waals surface area contributed by atoms with E-state index in [0.29, 0.717) is 0 Å². The van der Waals surface area contributed by atoms with Crippen molar-refractivity contribution in [2.45, 2.75) is 13.8 Å². The molecule has 0 aromatic heterocycles. The smallest absolute Gasteiger partial charge is 0.0970 e. The Morgan fingerprint density at radius 2 is 0.795 bits per heavy atom. The Labute approximate surface area is 259 Å². The largest absolute Gasteiger partial charge is 0.378 e. The summed E-state index contributed by atoms with van der Waals surface area (Å²) in [7, 11) is 8.12. The van der Waals surface area contributed by atoms with Crippen LogP contribution in [-0.4, -0.2) is 28.2 Å². The van der Waals surface area contributed by atoms with Crippen LogP contribution in [0, 0.1) is 13.8 Å². The molecule has 0 amide bonds. The lowest BCUT2D eigenvalue weighted by atomic mass is 9.90. The van der Waals surface area contributed by atoms with Crippen LogP contribution in [0.1, 0.15) is 11.1 Å². The Morgan fingerprint density at radius 1 is 0.409 bits per heavy atom. The summed E-state index contributed by atoms with van der Waals surface area (Å²) in [6.45, 7) is 4.18. The summed E-state index contributed by atoms with van der Waals surface area (Å²) >= 11 is 0. The number of benzene rings is 6. The molecule has 0 N–H and O–H groups in total. The van der Waals surface area contributed by atoms with Crippen molar-refractivity contribution in [3.63, 3.8) is 0 Å². The lowest BCUT2D eigenvalue weighted by Gasteiger charge is -2.15. The molecule has 6 heteroatoms. The first kappa shape index (κ1) is 28.7. The molecule has 0 bridgehead atoms. The Balaban J connectivity index is 1.51. The predicted molar refractivity (Wildman–Crippen MR) is 186 cm³/mol. The molecule has 6 rings (SSSR count). The van der Waals surface area contributed by atoms with Crippen molar-refractivity contribution in [3.8, 4) is 11.1 Å². The molecule has 0 radical (unpaired) electrons. The van der Waals surface area contributed by atoms with Crippen LogP contribution in [0.4, 0.5) is 34.1 Å². The maximum absolute atomic E-state index is 4.85. The molecule has 0 saturated carbocycles. The summed E-state index contributed by atoms with van der Waals surface area (Å²) in [5.41, 5.74) is 9.91. The van der Waals surface area contributed by atoms with E-state index in [4.69, 9.17) is 10.2 Å². The molecule has 6 aromatic carbocycles. The molecular weight excluding hydrogens is 540 g/mol. The van der Waals surface area contributed by atoms with Gasteiger partial charge in [-0.05, 0) is 95.4 Å². The molecule has 218 valence electrons. The topological polar surface area (TPSA) is 55.9 Å². The Kier molecular flexibility index (Phi) is 7.90. The fourth-order valence-corrected chi connectivity index (χ4v) is 5.49. The lowest BCUT2D eigenvalue weighted by Crippen LogP contribution is -2.07. The highest BCUT2D eigenvalue weighted by Gasteiger charge is 2.16. The average molecular weight is 577 g/mol. The van der Waals surface area contributed by atoms with E-state index < -0.39 is 0 Å². The second kappa shape index (κ2) is 12.1. The van der Waals surface area contributed by atoms with Gasteiger partial charge >= 0.3 is 0 Å². The minimum atomic E-state index is 0.812. The van der Waals surface area contributed by atoms with Crippen LogP contribution in [-0.2, 0) is 0 Å². The second-order valence-electron chi connectivity index (χ2n) is 11.5. The van der Waals surface area contributed by atoms with E-state index in [1.165, 1.54) is 0 Å². The molecule has 0 aliphatic rings. The first-order valence-corrected chi connectivity index (χ1v) is 14.7. The summed E-state index contributed by atoms with van der Waals surface area (Å²) in [6, 6.07) is 37.6. The maximum atomic E-state index is 4.85. The van der Waals surface area contributed by atoms with E-state index in [-0.39, 0.29) is 0 Å². The number of hydrogen-bond acceptors (Lipinski definition) is 6. The Morgan fingerprint density at radius 3 is 1.16 bits per heavy atom. The van der Waals surface area contributed by atoms with Gasteiger partial charge in [0.2, 0.25) is 0 Å². The van der Waals surface area contributed by atoms with E-state index in [1.807, 2.05) is 52.5 Å². The molecule has 0 aliphatic carbocycles. The van der Waals surface area contributed by atoms with Gasteiger partial charge in [-0.25, -0.2) is 0 Å². The molecule has 0 aliphatic heterocycles. The number of aryl methyl sites for hydroxylation is 2. The van der Waals surface area contributed by atoms with Crippen LogP contribution in [0.25, 0.3) is 32.7 Å². The Bertz CT molecular complexity index is 1870. The van der Waals surface area contributed by atoms with Gasteiger partial charge in [0.1, 0.15) is 0 Å². The van der Waals surface area contributed by atoms with Gasteiger partial charge in [-0.2, -0.15) is 10.2 Å². The zero-order chi connectivity index (χ0) is 30.8. The van der Waals surface area contributed by atoms with Crippen molar-refractivity contribution >= 4 is 55.7 Å². The number of fused-ring (bicyclic) bond motifs is 2. The summed E-state index contributed by atoms with van der Waals surface area (Å²) in [5.74, 6) is 0. The molecule has 0 spiro atoms. The van der Waals surface area contributed by atoms with Crippen LogP contribution < -0.4 is 9.80 Å². The van der Waals surface area contributed by atoms with E-state index in [1.54, 1.807) is 0 Å². The first-order chi connectivity index (χ1) is 21.3. The van der Waals surface area contributed by atoms with Gasteiger partial charge in [0, 0.05) is 50.3 Å². The highest BCUT2D eigenvalue weighted by atomic mass is 15.1. The molecule has 0 unspecified atom stereocenters. The minimum Gasteiger partial charge on any atom is -0.378 e. The van der Waals surface area contributed by atoms with E-state index in [2.05, 4.69) is 119 Å². The van der Waals surface area contributed by atoms with Crippen LogP contribution >= 0.6 is 0 Å². The monoisotopic (exact) mass is 576 g/mol. The minimum absolute atomic E-state index is 0.812. The fraction of sp³-hybridized carbons (Fsp3) is 0.158. The number of rotatable bonds is 7. The average Bonchev–Trinajstić information content (AvgIpc) is 3.03. The number of hydrogen-bond donors (Lipinski definition) is 0. The predicted octanol–water partition coefficient (Wildman–Crippen LogP) is 11.2. The highest BCUT2D eigenvalue weighted by Crippen LogP contribution is 2.44. The molecule has 0 atom stereocenters. The third kappa shape index (κ3) is 5.66. The first-order valence-electron chi connectivity index (χ1n) is 14.7. The van der Waals surface area contributed by atoms with E-state index >= 15 is 0 Å². The van der Waals surface area contributed by atoms with Crippen LogP contribution in [0.3, 0.4) is 0 Å². The number of anilines is 2. The third-order valence-corrected chi connectivity index (χ3v) is 7.99. The van der Waals surface area contributed by atoms with Crippen molar-refractivity contribution in [1.82, 2.24) is 0 Å². The second-order valence-corrected chi connectivity index (χ2v) is 11.5. The Hall–Kier alpha value is -5.36. The SMILES string of the molecule is Cc1ccc2cccc(-c3cccc4ccc(C)c(N=Nc5ccc(N(C)C)cc5)c34)c2c1N=Nc1ccc(N(C)C)cc1. The molecule has 0 heterocycles. The van der Waals surface area contributed by atoms with Gasteiger partial charge in [0.05, 0.1) is 22.7 Å². The van der Waals surface area contributed by atoms with Crippen molar-refractivity contribution in [1.29, 1.82) is 0 Å². The molecule has 0 fully saturated rings. The van der Waals surface area contributed by atoms with Crippen molar-refractivity contribution in [3.05, 3.63) is 120 Å². The number of azo groups is 2. The maximum Gasteiger partial charge on any atom is 0.0970 e. The molecule has 44 heavy (non-hydrogen) atoms. The summed E-state index contributed by atoms with van der Waals surface area (Å²) in [4.78, 5) is 4.14. The quantitative estimate of drug-likeness (QED) is 0.177. The molecule has 0 saturated heterocycles. The lowest BCUT2D eigenvalue weighted by molar-refractivity contribution is 1.13.